The number of alkyl halides is 3. The maximum atomic E-state index is 13.7. The molecule has 0 fully saturated rings. The number of aromatic nitrogens is 1. The van der Waals surface area contributed by atoms with E-state index in [1.165, 1.54) is 6.07 Å². The largest absolute Gasteiger partial charge is 0.573 e. The average Bonchev–Trinajstić information content (AvgIpc) is 3.41. The van der Waals surface area contributed by atoms with Crippen molar-refractivity contribution in [1.82, 2.24) is 10.3 Å². The summed E-state index contributed by atoms with van der Waals surface area (Å²) in [7, 11) is 0. The van der Waals surface area contributed by atoms with Crippen LogP contribution in [0.15, 0.2) is 103 Å². The monoisotopic (exact) mass is 586 g/mol. The first-order valence-corrected chi connectivity index (χ1v) is 13.7. The molecule has 3 N–H and O–H groups in total. The Balaban J connectivity index is 1.61. The molecule has 0 bridgehead atoms. The summed E-state index contributed by atoms with van der Waals surface area (Å²) >= 11 is 0. The van der Waals surface area contributed by atoms with Gasteiger partial charge in [0.25, 0.3) is 5.91 Å². The number of H-pyrrole nitrogens is 1. The van der Waals surface area contributed by atoms with E-state index >= 15 is 0 Å². The van der Waals surface area contributed by atoms with Gasteiger partial charge < -0.3 is 20.1 Å². The van der Waals surface area contributed by atoms with E-state index in [0.29, 0.717) is 11.1 Å². The second-order valence-corrected chi connectivity index (χ2v) is 10.2. The number of halogens is 3. The van der Waals surface area contributed by atoms with Crippen molar-refractivity contribution in [3.05, 3.63) is 126 Å². The fraction of sp³-hybridized carbons (Fsp3) is 0.176. The van der Waals surface area contributed by atoms with Gasteiger partial charge in [0.05, 0.1) is 6.42 Å². The topological polar surface area (TPSA) is 91.4 Å². The number of rotatable bonds is 10. The van der Waals surface area contributed by atoms with Gasteiger partial charge in [-0.2, -0.15) is 0 Å². The first kappa shape index (κ1) is 29.4. The normalized spacial score (nSPS) is 12.9. The van der Waals surface area contributed by atoms with Crippen LogP contribution in [0.4, 0.5) is 13.2 Å². The molecule has 0 aliphatic rings. The van der Waals surface area contributed by atoms with Gasteiger partial charge in [0.2, 0.25) is 0 Å². The maximum absolute atomic E-state index is 13.7. The number of aliphatic carboxylic acids is 1. The number of ether oxygens (including phenoxy) is 1. The highest BCUT2D eigenvalue weighted by molar-refractivity contribution is 5.94. The van der Waals surface area contributed by atoms with Crippen molar-refractivity contribution in [3.63, 3.8) is 0 Å². The van der Waals surface area contributed by atoms with E-state index in [1.807, 2.05) is 67.7 Å². The Morgan fingerprint density at radius 3 is 2.28 bits per heavy atom. The summed E-state index contributed by atoms with van der Waals surface area (Å²) in [5.41, 5.74) is 4.75. The van der Waals surface area contributed by atoms with Crippen LogP contribution in [0.2, 0.25) is 0 Å². The van der Waals surface area contributed by atoms with E-state index in [-0.39, 0.29) is 24.6 Å². The molecule has 43 heavy (non-hydrogen) atoms. The van der Waals surface area contributed by atoms with Crippen molar-refractivity contribution in [2.45, 2.75) is 31.5 Å². The lowest BCUT2D eigenvalue weighted by Gasteiger charge is -2.28. The molecule has 1 heterocycles. The molecular weight excluding hydrogens is 557 g/mol. The fourth-order valence-corrected chi connectivity index (χ4v) is 5.39. The van der Waals surface area contributed by atoms with Crippen LogP contribution in [-0.2, 0) is 4.79 Å². The molecule has 1 amide bonds. The molecule has 5 rings (SSSR count). The van der Waals surface area contributed by atoms with Crippen molar-refractivity contribution in [2.24, 2.45) is 0 Å². The van der Waals surface area contributed by atoms with Gasteiger partial charge in [0.15, 0.2) is 0 Å². The first-order valence-electron chi connectivity index (χ1n) is 13.7. The fourth-order valence-electron chi connectivity index (χ4n) is 5.39. The minimum absolute atomic E-state index is 0.00526. The van der Waals surface area contributed by atoms with Gasteiger partial charge in [-0.3, -0.25) is 9.59 Å². The van der Waals surface area contributed by atoms with Crippen LogP contribution in [0, 0.1) is 0 Å². The number of carboxylic acid groups (broad SMARTS) is 1. The van der Waals surface area contributed by atoms with Crippen LogP contribution in [0.5, 0.6) is 5.75 Å². The SMILES string of the molecule is CC(c1ccc(C(=O)NCCC(=O)O)cc1)C(c1cc(-c2ccccc2)ccc1OC(F)(F)F)c1c[nH]c2ccccc12. The number of nitrogens with one attached hydrogen (secondary N) is 2. The van der Waals surface area contributed by atoms with Crippen molar-refractivity contribution in [2.75, 3.05) is 6.54 Å². The van der Waals surface area contributed by atoms with Crippen molar-refractivity contribution in [3.8, 4) is 16.9 Å². The van der Waals surface area contributed by atoms with E-state index in [9.17, 15) is 22.8 Å². The zero-order valence-electron chi connectivity index (χ0n) is 23.2. The van der Waals surface area contributed by atoms with Crippen molar-refractivity contribution in [1.29, 1.82) is 0 Å². The molecule has 1 aromatic heterocycles. The number of fused-ring (bicyclic) bond motifs is 1. The molecule has 0 saturated carbocycles. The second-order valence-electron chi connectivity index (χ2n) is 10.2. The van der Waals surface area contributed by atoms with E-state index in [4.69, 9.17) is 5.11 Å². The van der Waals surface area contributed by atoms with Gasteiger partial charge in [-0.1, -0.05) is 73.7 Å². The molecule has 2 unspecified atom stereocenters. The predicted molar refractivity (Wildman–Crippen MR) is 158 cm³/mol. The molecule has 2 atom stereocenters. The molecule has 0 aliphatic heterocycles. The quantitative estimate of drug-likeness (QED) is 0.155. The molecule has 0 saturated heterocycles. The molecule has 6 nitrogen and oxygen atoms in total. The summed E-state index contributed by atoms with van der Waals surface area (Å²) in [4.78, 5) is 26.5. The lowest BCUT2D eigenvalue weighted by Crippen LogP contribution is -2.26. The maximum Gasteiger partial charge on any atom is 0.573 e. The zero-order chi connectivity index (χ0) is 30.6. The molecule has 9 heteroatoms. The predicted octanol–water partition coefficient (Wildman–Crippen LogP) is 7.87. The summed E-state index contributed by atoms with van der Waals surface area (Å²) in [6.07, 6.45) is -3.27. The minimum atomic E-state index is -4.90. The van der Waals surface area contributed by atoms with Crippen LogP contribution in [0.1, 0.15) is 52.2 Å². The highest BCUT2D eigenvalue weighted by Crippen LogP contribution is 2.46. The molecule has 0 radical (unpaired) electrons. The summed E-state index contributed by atoms with van der Waals surface area (Å²) in [6, 6.07) is 28.5. The highest BCUT2D eigenvalue weighted by atomic mass is 19.4. The number of carbonyl (C=O) groups is 2. The third kappa shape index (κ3) is 6.89. The first-order chi connectivity index (χ1) is 20.6. The number of aromatic amines is 1. The summed E-state index contributed by atoms with van der Waals surface area (Å²) < 4.78 is 45.6. The third-order valence-electron chi connectivity index (χ3n) is 7.46. The molecule has 0 aliphatic carbocycles. The van der Waals surface area contributed by atoms with E-state index in [1.54, 1.807) is 36.4 Å². The molecule has 0 spiro atoms. The Labute approximate surface area is 246 Å². The van der Waals surface area contributed by atoms with Crippen LogP contribution < -0.4 is 10.1 Å². The van der Waals surface area contributed by atoms with Crippen LogP contribution >= 0.6 is 0 Å². The average molecular weight is 587 g/mol. The standard InChI is InChI=1S/C34H29F3N2O4/c1-21(22-11-13-24(14-12-22)33(42)38-18-17-31(40)41)32(28-20-39-29-10-6-5-9-26(28)29)27-19-25(23-7-3-2-4-8-23)15-16-30(27)43-34(35,36)37/h2-16,19-21,32,39H,17-18H2,1H3,(H,38,42)(H,40,41). The second kappa shape index (κ2) is 12.4. The van der Waals surface area contributed by atoms with Crippen molar-refractivity contribution < 1.29 is 32.6 Å². The summed E-state index contributed by atoms with van der Waals surface area (Å²) in [6.45, 7) is 1.93. The smallest absolute Gasteiger partial charge is 0.481 e. The number of para-hydroxylation sites is 1. The molecule has 5 aromatic rings. The van der Waals surface area contributed by atoms with Gasteiger partial charge in [-0.05, 0) is 58.5 Å². The van der Waals surface area contributed by atoms with Crippen molar-refractivity contribution >= 4 is 22.8 Å². The number of amides is 1. The Kier molecular flexibility index (Phi) is 8.52. The Hall–Kier alpha value is -5.05. The van der Waals surface area contributed by atoms with Crippen LogP contribution in [0.25, 0.3) is 22.0 Å². The lowest BCUT2D eigenvalue weighted by atomic mass is 9.77. The Morgan fingerprint density at radius 1 is 0.884 bits per heavy atom. The van der Waals surface area contributed by atoms with Gasteiger partial charge in [-0.25, -0.2) is 0 Å². The van der Waals surface area contributed by atoms with E-state index < -0.39 is 24.2 Å². The van der Waals surface area contributed by atoms with E-state index in [2.05, 4.69) is 15.0 Å². The van der Waals surface area contributed by atoms with Crippen LogP contribution in [0.3, 0.4) is 0 Å². The van der Waals surface area contributed by atoms with Gasteiger partial charge in [0.1, 0.15) is 5.75 Å². The zero-order valence-corrected chi connectivity index (χ0v) is 23.2. The lowest BCUT2D eigenvalue weighted by molar-refractivity contribution is -0.275. The molecule has 220 valence electrons. The van der Waals surface area contributed by atoms with Gasteiger partial charge in [-0.15, -0.1) is 13.2 Å². The molecule has 4 aromatic carbocycles. The number of hydrogen-bond donors (Lipinski definition) is 3. The van der Waals surface area contributed by atoms with Gasteiger partial charge >= 0.3 is 12.3 Å². The minimum Gasteiger partial charge on any atom is -0.481 e. The number of carboxylic acids is 1. The number of benzene rings is 4. The third-order valence-corrected chi connectivity index (χ3v) is 7.46. The summed E-state index contributed by atoms with van der Waals surface area (Å²) in [5, 5.41) is 12.3. The van der Waals surface area contributed by atoms with Crippen LogP contribution in [-0.4, -0.2) is 34.9 Å². The van der Waals surface area contributed by atoms with E-state index in [0.717, 1.165) is 33.2 Å². The Bertz CT molecular complexity index is 1730. The number of hydrogen-bond acceptors (Lipinski definition) is 3. The Morgan fingerprint density at radius 2 is 1.58 bits per heavy atom. The highest BCUT2D eigenvalue weighted by Gasteiger charge is 2.35. The van der Waals surface area contributed by atoms with Gasteiger partial charge in [0, 0.05) is 40.7 Å². The molecular formula is C34H29F3N2O4. The summed E-state index contributed by atoms with van der Waals surface area (Å²) in [5.74, 6) is -2.65. The number of carbonyl (C=O) groups excluding carboxylic acids is 1.